The third kappa shape index (κ3) is 3.46. The lowest BCUT2D eigenvalue weighted by atomic mass is 9.88. The van der Waals surface area contributed by atoms with Crippen LogP contribution in [0.15, 0.2) is 22.7 Å². The topological polar surface area (TPSA) is 49.3 Å². The highest BCUT2D eigenvalue weighted by molar-refractivity contribution is 9.10. The number of halogens is 1. The van der Waals surface area contributed by atoms with Crippen LogP contribution in [0.5, 0.6) is 0 Å². The fourth-order valence-electron chi connectivity index (χ4n) is 1.31. The minimum atomic E-state index is -0.930. The molecule has 2 N–H and O–H groups in total. The van der Waals surface area contributed by atoms with Gasteiger partial charge in [0.2, 0.25) is 0 Å². The van der Waals surface area contributed by atoms with Gasteiger partial charge in [0, 0.05) is 10.5 Å². The molecule has 1 unspecified atom stereocenters. The first-order valence-corrected chi connectivity index (χ1v) is 6.31. The lowest BCUT2D eigenvalue weighted by Crippen LogP contribution is -2.31. The Morgan fingerprint density at radius 1 is 1.41 bits per heavy atom. The van der Waals surface area contributed by atoms with E-state index in [-0.39, 0.29) is 17.0 Å². The predicted molar refractivity (Wildman–Crippen MR) is 73.6 cm³/mol. The summed E-state index contributed by atoms with van der Waals surface area (Å²) < 4.78 is 0.594. The van der Waals surface area contributed by atoms with Crippen molar-refractivity contribution in [1.29, 1.82) is 0 Å². The highest BCUT2D eigenvalue weighted by Gasteiger charge is 2.22. The molecule has 0 aliphatic carbocycles. The van der Waals surface area contributed by atoms with E-state index in [0.717, 1.165) is 0 Å². The minimum Gasteiger partial charge on any atom is -0.478 e. The lowest BCUT2D eigenvalue weighted by Gasteiger charge is -2.29. The second-order valence-electron chi connectivity index (χ2n) is 5.20. The van der Waals surface area contributed by atoms with Crippen LogP contribution in [0.25, 0.3) is 0 Å². The van der Waals surface area contributed by atoms with Crippen LogP contribution in [0.3, 0.4) is 0 Å². The molecule has 0 radical (unpaired) electrons. The molecule has 1 rings (SSSR count). The van der Waals surface area contributed by atoms with Crippen molar-refractivity contribution in [3.8, 4) is 0 Å². The number of rotatable bonds is 3. The van der Waals surface area contributed by atoms with Gasteiger partial charge in [0.15, 0.2) is 0 Å². The molecule has 94 valence electrons. The summed E-state index contributed by atoms with van der Waals surface area (Å²) >= 11 is 3.27. The first-order valence-electron chi connectivity index (χ1n) is 5.52. The second-order valence-corrected chi connectivity index (χ2v) is 6.05. The van der Waals surface area contributed by atoms with Gasteiger partial charge < -0.3 is 10.4 Å². The van der Waals surface area contributed by atoms with Crippen LogP contribution in [0, 0.1) is 5.41 Å². The second kappa shape index (κ2) is 5.08. The van der Waals surface area contributed by atoms with Gasteiger partial charge in [-0.2, -0.15) is 0 Å². The molecule has 0 saturated carbocycles. The minimum absolute atomic E-state index is 0.0676. The smallest absolute Gasteiger partial charge is 0.338 e. The molecule has 0 aliphatic rings. The van der Waals surface area contributed by atoms with Gasteiger partial charge in [-0.1, -0.05) is 26.8 Å². The van der Waals surface area contributed by atoms with Crippen LogP contribution in [0.4, 0.5) is 5.69 Å². The van der Waals surface area contributed by atoms with E-state index in [1.807, 2.05) is 13.0 Å². The zero-order valence-corrected chi connectivity index (χ0v) is 12.1. The summed E-state index contributed by atoms with van der Waals surface area (Å²) in [5.41, 5.74) is 0.996. The summed E-state index contributed by atoms with van der Waals surface area (Å²) in [6, 6.07) is 5.52. The maximum Gasteiger partial charge on any atom is 0.338 e. The van der Waals surface area contributed by atoms with Gasteiger partial charge in [-0.15, -0.1) is 0 Å². The first-order chi connectivity index (χ1) is 7.73. The van der Waals surface area contributed by atoms with Crippen molar-refractivity contribution in [1.82, 2.24) is 0 Å². The monoisotopic (exact) mass is 299 g/mol. The number of carbonyl (C=O) groups is 1. The molecule has 0 amide bonds. The molecule has 0 bridgehead atoms. The molecule has 0 heterocycles. The fraction of sp³-hybridized carbons (Fsp3) is 0.462. The Kier molecular flexibility index (Phi) is 4.20. The van der Waals surface area contributed by atoms with Crippen molar-refractivity contribution < 1.29 is 9.90 Å². The third-order valence-corrected chi connectivity index (χ3v) is 3.56. The molecule has 1 aromatic rings. The van der Waals surface area contributed by atoms with E-state index in [0.29, 0.717) is 10.2 Å². The number of benzene rings is 1. The van der Waals surface area contributed by atoms with E-state index in [2.05, 4.69) is 42.0 Å². The van der Waals surface area contributed by atoms with Crippen LogP contribution < -0.4 is 5.32 Å². The highest BCUT2D eigenvalue weighted by Crippen LogP contribution is 2.28. The molecule has 0 saturated heterocycles. The summed E-state index contributed by atoms with van der Waals surface area (Å²) in [4.78, 5) is 11.2. The average molecular weight is 300 g/mol. The fourth-order valence-corrected chi connectivity index (χ4v) is 1.85. The van der Waals surface area contributed by atoms with Crippen molar-refractivity contribution >= 4 is 27.6 Å². The van der Waals surface area contributed by atoms with E-state index in [1.54, 1.807) is 12.1 Å². The molecule has 0 aliphatic heterocycles. The summed E-state index contributed by atoms with van der Waals surface area (Å²) in [6.45, 7) is 8.39. The Hall–Kier alpha value is -1.03. The zero-order valence-electron chi connectivity index (χ0n) is 10.5. The molecule has 0 aromatic heterocycles. The zero-order chi connectivity index (χ0) is 13.2. The Bertz CT molecular complexity index is 424. The summed E-state index contributed by atoms with van der Waals surface area (Å²) in [5.74, 6) is -0.930. The van der Waals surface area contributed by atoms with E-state index < -0.39 is 5.97 Å². The maximum absolute atomic E-state index is 11.2. The summed E-state index contributed by atoms with van der Waals surface area (Å²) in [7, 11) is 0. The quantitative estimate of drug-likeness (QED) is 0.887. The molecule has 1 atom stereocenters. The molecule has 17 heavy (non-hydrogen) atoms. The number of nitrogens with one attached hydrogen (secondary N) is 1. The van der Waals surface area contributed by atoms with Gasteiger partial charge in [-0.3, -0.25) is 0 Å². The molecule has 0 fully saturated rings. The van der Waals surface area contributed by atoms with Gasteiger partial charge >= 0.3 is 5.97 Å². The number of carboxylic acid groups (broad SMARTS) is 1. The van der Waals surface area contributed by atoms with Gasteiger partial charge in [0.1, 0.15) is 0 Å². The van der Waals surface area contributed by atoms with Crippen molar-refractivity contribution in [3.05, 3.63) is 28.2 Å². The van der Waals surface area contributed by atoms with Gasteiger partial charge in [-0.05, 0) is 40.4 Å². The summed E-state index contributed by atoms with van der Waals surface area (Å²) in [6.07, 6.45) is 0. The van der Waals surface area contributed by atoms with Crippen LogP contribution >= 0.6 is 15.9 Å². The maximum atomic E-state index is 11.2. The van der Waals surface area contributed by atoms with Crippen molar-refractivity contribution in [3.63, 3.8) is 0 Å². The van der Waals surface area contributed by atoms with E-state index in [1.165, 1.54) is 0 Å². The van der Waals surface area contributed by atoms with E-state index >= 15 is 0 Å². The molecular weight excluding hydrogens is 282 g/mol. The standard InChI is InChI=1S/C13H18BrNO2/c1-8(13(2,3)4)15-10-7-5-6-9(14)11(10)12(16)17/h5-8,15H,1-4H3,(H,16,17). The largest absolute Gasteiger partial charge is 0.478 e. The van der Waals surface area contributed by atoms with Crippen LogP contribution in [0.2, 0.25) is 0 Å². The Morgan fingerprint density at radius 3 is 2.47 bits per heavy atom. The number of anilines is 1. The Morgan fingerprint density at radius 2 is 2.00 bits per heavy atom. The number of hydrogen-bond acceptors (Lipinski definition) is 2. The normalized spacial score (nSPS) is 13.2. The number of hydrogen-bond donors (Lipinski definition) is 2. The highest BCUT2D eigenvalue weighted by atomic mass is 79.9. The third-order valence-electron chi connectivity index (χ3n) is 2.90. The summed E-state index contributed by atoms with van der Waals surface area (Å²) in [5, 5.41) is 12.5. The molecule has 1 aromatic carbocycles. The van der Waals surface area contributed by atoms with Crippen LogP contribution in [-0.4, -0.2) is 17.1 Å². The number of carboxylic acids is 1. The predicted octanol–water partition coefficient (Wildman–Crippen LogP) is 3.99. The van der Waals surface area contributed by atoms with Gasteiger partial charge in [0.05, 0.1) is 11.3 Å². The Labute approximate surface area is 110 Å². The van der Waals surface area contributed by atoms with Crippen LogP contribution in [-0.2, 0) is 0 Å². The lowest BCUT2D eigenvalue weighted by molar-refractivity contribution is 0.0697. The SMILES string of the molecule is CC(Nc1cccc(Br)c1C(=O)O)C(C)(C)C. The van der Waals surface area contributed by atoms with Crippen molar-refractivity contribution in [2.45, 2.75) is 33.7 Å². The number of aromatic carboxylic acids is 1. The molecule has 0 spiro atoms. The van der Waals surface area contributed by atoms with Gasteiger partial charge in [-0.25, -0.2) is 4.79 Å². The first kappa shape index (κ1) is 14.0. The molecule has 3 nitrogen and oxygen atoms in total. The van der Waals surface area contributed by atoms with E-state index in [4.69, 9.17) is 0 Å². The van der Waals surface area contributed by atoms with Crippen molar-refractivity contribution in [2.24, 2.45) is 5.41 Å². The van der Waals surface area contributed by atoms with E-state index in [9.17, 15) is 9.90 Å². The van der Waals surface area contributed by atoms with Gasteiger partial charge in [0.25, 0.3) is 0 Å². The van der Waals surface area contributed by atoms with Crippen molar-refractivity contribution in [2.75, 3.05) is 5.32 Å². The van der Waals surface area contributed by atoms with Crippen LogP contribution in [0.1, 0.15) is 38.1 Å². The Balaban J connectivity index is 3.07. The average Bonchev–Trinajstić information content (AvgIpc) is 2.15. The molecular formula is C13H18BrNO2. The molecule has 4 heteroatoms.